The van der Waals surface area contributed by atoms with Crippen molar-refractivity contribution in [1.82, 2.24) is 9.97 Å². The molecule has 0 unspecified atom stereocenters. The number of nitrogens with one attached hydrogen (secondary N) is 1. The number of carbonyl (C=O) groups excluding carboxylic acids is 2. The lowest BCUT2D eigenvalue weighted by molar-refractivity contribution is -0.122. The third kappa shape index (κ3) is 5.39. The summed E-state index contributed by atoms with van der Waals surface area (Å²) < 4.78 is 0.813. The fraction of sp³-hybridized carbons (Fsp3) is 0.280. The number of nitrogens with two attached hydrogens (primary N) is 1. The smallest absolute Gasteiger partial charge is 0.258 e. The highest BCUT2D eigenvalue weighted by Crippen LogP contribution is 2.35. The first-order valence-electron chi connectivity index (χ1n) is 10.9. The molecule has 8 heteroatoms. The first kappa shape index (κ1) is 22.9. The fourth-order valence-corrected chi connectivity index (χ4v) is 4.65. The number of aromatic nitrogens is 2. The van der Waals surface area contributed by atoms with E-state index in [0.717, 1.165) is 40.8 Å². The molecule has 7 nitrogen and oxygen atoms in total. The van der Waals surface area contributed by atoms with E-state index in [9.17, 15) is 9.59 Å². The summed E-state index contributed by atoms with van der Waals surface area (Å²) in [6, 6.07) is 16.7. The quantitative estimate of drug-likeness (QED) is 0.482. The molecule has 0 saturated heterocycles. The second kappa shape index (κ2) is 10.1. The van der Waals surface area contributed by atoms with Crippen LogP contribution in [0.15, 0.2) is 65.3 Å². The molecule has 2 aromatic carbocycles. The van der Waals surface area contributed by atoms with Gasteiger partial charge in [0.05, 0.1) is 10.2 Å². The number of hydrogen-bond donors (Lipinski definition) is 2. The topological polar surface area (TPSA) is 101 Å². The second-order valence-electron chi connectivity index (χ2n) is 8.29. The van der Waals surface area contributed by atoms with E-state index in [-0.39, 0.29) is 23.7 Å². The summed E-state index contributed by atoms with van der Waals surface area (Å²) in [5.41, 5.74) is 8.62. The Labute approximate surface area is 201 Å². The molecule has 0 bridgehead atoms. The van der Waals surface area contributed by atoms with Gasteiger partial charge in [-0.3, -0.25) is 9.59 Å². The third-order valence-electron chi connectivity index (χ3n) is 6.13. The van der Waals surface area contributed by atoms with E-state index in [1.165, 1.54) is 0 Å². The number of halogens is 1. The number of primary amides is 1. The van der Waals surface area contributed by atoms with Crippen LogP contribution in [0, 0.1) is 11.8 Å². The molecule has 1 aliphatic carbocycles. The van der Waals surface area contributed by atoms with Crippen LogP contribution in [0.4, 0.5) is 17.3 Å². The van der Waals surface area contributed by atoms with Crippen LogP contribution in [0.3, 0.4) is 0 Å². The minimum Gasteiger partial charge on any atom is -0.369 e. The maximum Gasteiger partial charge on any atom is 0.258 e. The predicted molar refractivity (Wildman–Crippen MR) is 132 cm³/mol. The minimum atomic E-state index is -0.228. The van der Waals surface area contributed by atoms with Crippen molar-refractivity contribution in [2.75, 3.05) is 17.3 Å². The van der Waals surface area contributed by atoms with Gasteiger partial charge in [0, 0.05) is 36.1 Å². The maximum absolute atomic E-state index is 12.8. The lowest BCUT2D eigenvalue weighted by Gasteiger charge is -2.18. The van der Waals surface area contributed by atoms with Gasteiger partial charge in [0.1, 0.15) is 0 Å². The van der Waals surface area contributed by atoms with Crippen molar-refractivity contribution in [2.45, 2.75) is 25.7 Å². The van der Waals surface area contributed by atoms with Crippen molar-refractivity contribution < 1.29 is 9.59 Å². The van der Waals surface area contributed by atoms with E-state index >= 15 is 0 Å². The van der Waals surface area contributed by atoms with Crippen molar-refractivity contribution >= 4 is 45.1 Å². The summed E-state index contributed by atoms with van der Waals surface area (Å²) in [6.45, 7) is 0. The van der Waals surface area contributed by atoms with Crippen molar-refractivity contribution in [3.8, 4) is 0 Å². The van der Waals surface area contributed by atoms with Gasteiger partial charge >= 0.3 is 0 Å². The molecule has 4 rings (SSSR count). The van der Waals surface area contributed by atoms with Crippen LogP contribution in [0.1, 0.15) is 35.3 Å². The van der Waals surface area contributed by atoms with Gasteiger partial charge in [-0.25, -0.2) is 9.97 Å². The number of rotatable bonds is 7. The van der Waals surface area contributed by atoms with E-state index in [4.69, 9.17) is 5.73 Å². The highest BCUT2D eigenvalue weighted by molar-refractivity contribution is 9.10. The Morgan fingerprint density at radius 2 is 1.85 bits per heavy atom. The Kier molecular flexibility index (Phi) is 7.03. The fourth-order valence-electron chi connectivity index (χ4n) is 4.30. The number of nitrogens with zero attached hydrogens (tertiary/aromatic N) is 3. The zero-order valence-corrected chi connectivity index (χ0v) is 20.0. The zero-order chi connectivity index (χ0) is 23.4. The number of hydrogen-bond acceptors (Lipinski definition) is 5. The van der Waals surface area contributed by atoms with E-state index in [0.29, 0.717) is 17.9 Å². The zero-order valence-electron chi connectivity index (χ0n) is 18.4. The van der Waals surface area contributed by atoms with Gasteiger partial charge in [-0.05, 0) is 77.5 Å². The van der Waals surface area contributed by atoms with E-state index < -0.39 is 0 Å². The van der Waals surface area contributed by atoms with Crippen molar-refractivity contribution in [2.24, 2.45) is 17.6 Å². The molecule has 3 N–H and O–H groups in total. The Hall–Kier alpha value is -3.26. The summed E-state index contributed by atoms with van der Waals surface area (Å²) in [6.07, 6.45) is 5.21. The number of carbonyl (C=O) groups is 2. The highest BCUT2D eigenvalue weighted by Gasteiger charge is 2.32. The first-order valence-corrected chi connectivity index (χ1v) is 11.7. The molecule has 2 amide bonds. The van der Waals surface area contributed by atoms with Gasteiger partial charge in [-0.1, -0.05) is 24.6 Å². The third-order valence-corrected chi connectivity index (χ3v) is 6.80. The molecule has 1 aromatic heterocycles. The lowest BCUT2D eigenvalue weighted by Crippen LogP contribution is -2.27. The van der Waals surface area contributed by atoms with Gasteiger partial charge in [-0.15, -0.1) is 0 Å². The van der Waals surface area contributed by atoms with E-state index in [1.54, 1.807) is 30.3 Å². The average Bonchev–Trinajstić information content (AvgIpc) is 3.30. The summed E-state index contributed by atoms with van der Waals surface area (Å²) in [5.74, 6) is 0.252. The molecule has 1 saturated carbocycles. The van der Waals surface area contributed by atoms with Crippen LogP contribution in [0.5, 0.6) is 0 Å². The molecule has 2 atom stereocenters. The Bertz CT molecular complexity index is 1140. The van der Waals surface area contributed by atoms with Gasteiger partial charge in [0.2, 0.25) is 11.9 Å². The van der Waals surface area contributed by atoms with Crippen molar-refractivity contribution in [1.29, 1.82) is 0 Å². The Morgan fingerprint density at radius 1 is 1.12 bits per heavy atom. The molecule has 0 spiro atoms. The monoisotopic (exact) mass is 507 g/mol. The minimum absolute atomic E-state index is 0.0875. The van der Waals surface area contributed by atoms with Crippen LogP contribution in [0.2, 0.25) is 0 Å². The molecule has 170 valence electrons. The number of para-hydroxylation sites is 1. The van der Waals surface area contributed by atoms with E-state index in [2.05, 4.69) is 31.2 Å². The van der Waals surface area contributed by atoms with Crippen LogP contribution in [0.25, 0.3) is 0 Å². The van der Waals surface area contributed by atoms with Gasteiger partial charge in [0.15, 0.2) is 0 Å². The van der Waals surface area contributed by atoms with Crippen molar-refractivity contribution in [3.63, 3.8) is 0 Å². The van der Waals surface area contributed by atoms with Crippen LogP contribution < -0.4 is 16.0 Å². The molecule has 1 aliphatic rings. The van der Waals surface area contributed by atoms with Crippen LogP contribution >= 0.6 is 15.9 Å². The standard InChI is InChI=1S/C25H26BrN5O2/c1-31(19-7-3-2-4-8-19)24(33)16-10-12-18(13-11-16)29-25-28-15-21(26)22(30-25)14-17-6-5-9-20(17)23(27)32/h2-4,7-8,10-13,15,17,20H,5-6,9,14H2,1H3,(H2,27,32)(H,28,29,30)/t17-,20-/m0/s1. The van der Waals surface area contributed by atoms with Crippen molar-refractivity contribution in [3.05, 3.63) is 76.5 Å². The Balaban J connectivity index is 1.44. The number of anilines is 3. The molecule has 0 aliphatic heterocycles. The molecule has 1 fully saturated rings. The normalized spacial score (nSPS) is 17.5. The number of amides is 2. The molecule has 0 radical (unpaired) electrons. The summed E-state index contributed by atoms with van der Waals surface area (Å²) >= 11 is 3.53. The highest BCUT2D eigenvalue weighted by atomic mass is 79.9. The van der Waals surface area contributed by atoms with Crippen LogP contribution in [-0.4, -0.2) is 28.8 Å². The lowest BCUT2D eigenvalue weighted by atomic mass is 9.91. The average molecular weight is 508 g/mol. The summed E-state index contributed by atoms with van der Waals surface area (Å²) in [4.78, 5) is 35.1. The molecule has 1 heterocycles. The number of benzene rings is 2. The van der Waals surface area contributed by atoms with Crippen LogP contribution in [-0.2, 0) is 11.2 Å². The Morgan fingerprint density at radius 3 is 2.55 bits per heavy atom. The molecule has 33 heavy (non-hydrogen) atoms. The molecular formula is C25H26BrN5O2. The first-order chi connectivity index (χ1) is 15.9. The predicted octanol–water partition coefficient (Wildman–Crippen LogP) is 4.70. The van der Waals surface area contributed by atoms with E-state index in [1.807, 2.05) is 42.5 Å². The van der Waals surface area contributed by atoms with Gasteiger partial charge in [0.25, 0.3) is 5.91 Å². The summed E-state index contributed by atoms with van der Waals surface area (Å²) in [7, 11) is 1.76. The summed E-state index contributed by atoms with van der Waals surface area (Å²) in [5, 5.41) is 3.20. The second-order valence-corrected chi connectivity index (χ2v) is 9.15. The van der Waals surface area contributed by atoms with Gasteiger partial charge in [-0.2, -0.15) is 0 Å². The molecule has 3 aromatic rings. The maximum atomic E-state index is 12.8. The largest absolute Gasteiger partial charge is 0.369 e. The SMILES string of the molecule is CN(C(=O)c1ccc(Nc2ncc(Br)c(C[C@@H]3CCC[C@@H]3C(N)=O)n2)cc1)c1ccccc1. The van der Waals surface area contributed by atoms with Gasteiger partial charge < -0.3 is 16.0 Å². The molecular weight excluding hydrogens is 482 g/mol.